The van der Waals surface area contributed by atoms with Crippen LogP contribution < -0.4 is 0 Å². The Labute approximate surface area is 96.6 Å². The Bertz CT molecular complexity index is 411. The first-order valence-electron chi connectivity index (χ1n) is 5.75. The molecule has 1 aromatic carbocycles. The highest BCUT2D eigenvalue weighted by molar-refractivity contribution is 5.87. The van der Waals surface area contributed by atoms with Crippen LogP contribution in [-0.2, 0) is 11.3 Å². The fourth-order valence-electron chi connectivity index (χ4n) is 2.36. The van der Waals surface area contributed by atoms with Crippen LogP contribution in [0.25, 0.3) is 0 Å². The summed E-state index contributed by atoms with van der Waals surface area (Å²) in [6.07, 6.45) is 2.47. The Morgan fingerprint density at radius 3 is 3.00 bits per heavy atom. The standard InChI is InChI=1S/C14H17NO/c1-3-11-9-15(14(16)4-2)10-12-7-5-6-8-13(11)12/h4-8,11H,2-3,9-10H2,1H3. The Balaban J connectivity index is 2.31. The topological polar surface area (TPSA) is 20.3 Å². The third-order valence-corrected chi connectivity index (χ3v) is 3.28. The van der Waals surface area contributed by atoms with Crippen molar-refractivity contribution in [3.05, 3.63) is 48.0 Å². The number of benzene rings is 1. The molecule has 0 saturated heterocycles. The fourth-order valence-corrected chi connectivity index (χ4v) is 2.36. The normalized spacial score (nSPS) is 19.1. The van der Waals surface area contributed by atoms with E-state index in [0.717, 1.165) is 19.5 Å². The van der Waals surface area contributed by atoms with Gasteiger partial charge in [0.2, 0.25) is 5.91 Å². The second-order valence-corrected chi connectivity index (χ2v) is 4.23. The summed E-state index contributed by atoms with van der Waals surface area (Å²) in [5, 5.41) is 0. The van der Waals surface area contributed by atoms with Crippen LogP contribution in [0.4, 0.5) is 0 Å². The number of carbonyl (C=O) groups is 1. The van der Waals surface area contributed by atoms with E-state index in [-0.39, 0.29) is 5.91 Å². The van der Waals surface area contributed by atoms with Gasteiger partial charge in [0, 0.05) is 19.0 Å². The van der Waals surface area contributed by atoms with Gasteiger partial charge in [0.15, 0.2) is 0 Å². The summed E-state index contributed by atoms with van der Waals surface area (Å²) in [7, 11) is 0. The minimum absolute atomic E-state index is 0.0351. The first kappa shape index (κ1) is 10.9. The molecular formula is C14H17NO. The summed E-state index contributed by atoms with van der Waals surface area (Å²) in [6, 6.07) is 8.40. The lowest BCUT2D eigenvalue weighted by Crippen LogP contribution is -2.37. The number of fused-ring (bicyclic) bond motifs is 1. The predicted octanol–water partition coefficient (Wildman–Crippen LogP) is 2.71. The summed E-state index contributed by atoms with van der Waals surface area (Å²) < 4.78 is 0. The molecule has 0 aromatic heterocycles. The number of amides is 1. The van der Waals surface area contributed by atoms with Crippen molar-refractivity contribution in [3.8, 4) is 0 Å². The molecule has 0 spiro atoms. The molecule has 1 aliphatic rings. The highest BCUT2D eigenvalue weighted by Crippen LogP contribution is 2.30. The van der Waals surface area contributed by atoms with Gasteiger partial charge < -0.3 is 4.90 Å². The Hall–Kier alpha value is -1.57. The lowest BCUT2D eigenvalue weighted by Gasteiger charge is -2.33. The van der Waals surface area contributed by atoms with Crippen LogP contribution in [0.2, 0.25) is 0 Å². The third-order valence-electron chi connectivity index (χ3n) is 3.28. The van der Waals surface area contributed by atoms with Crippen molar-refractivity contribution in [2.45, 2.75) is 25.8 Å². The van der Waals surface area contributed by atoms with Gasteiger partial charge in [-0.2, -0.15) is 0 Å². The van der Waals surface area contributed by atoms with Gasteiger partial charge in [-0.25, -0.2) is 0 Å². The highest BCUT2D eigenvalue weighted by Gasteiger charge is 2.25. The molecule has 0 saturated carbocycles. The molecule has 1 aromatic rings. The maximum absolute atomic E-state index is 11.6. The second-order valence-electron chi connectivity index (χ2n) is 4.23. The first-order chi connectivity index (χ1) is 7.76. The van der Waals surface area contributed by atoms with Crippen molar-refractivity contribution in [2.24, 2.45) is 0 Å². The zero-order valence-corrected chi connectivity index (χ0v) is 9.65. The Morgan fingerprint density at radius 2 is 2.31 bits per heavy atom. The van der Waals surface area contributed by atoms with Crippen molar-refractivity contribution in [1.29, 1.82) is 0 Å². The quantitative estimate of drug-likeness (QED) is 0.695. The molecular weight excluding hydrogens is 198 g/mol. The van der Waals surface area contributed by atoms with Crippen molar-refractivity contribution in [3.63, 3.8) is 0 Å². The van der Waals surface area contributed by atoms with Crippen LogP contribution in [0.15, 0.2) is 36.9 Å². The Morgan fingerprint density at radius 1 is 1.56 bits per heavy atom. The Kier molecular flexibility index (Phi) is 3.09. The number of nitrogens with zero attached hydrogens (tertiary/aromatic N) is 1. The molecule has 2 nitrogen and oxygen atoms in total. The van der Waals surface area contributed by atoms with E-state index < -0.39 is 0 Å². The average Bonchev–Trinajstić information content (AvgIpc) is 2.36. The van der Waals surface area contributed by atoms with E-state index in [0.29, 0.717) is 5.92 Å². The molecule has 0 aliphatic carbocycles. The first-order valence-corrected chi connectivity index (χ1v) is 5.75. The van der Waals surface area contributed by atoms with E-state index in [1.54, 1.807) is 0 Å². The molecule has 0 N–H and O–H groups in total. The third kappa shape index (κ3) is 1.87. The molecule has 1 atom stereocenters. The molecule has 1 unspecified atom stereocenters. The molecule has 0 radical (unpaired) electrons. The molecule has 0 fully saturated rings. The molecule has 84 valence electrons. The van der Waals surface area contributed by atoms with Gasteiger partial charge in [0.1, 0.15) is 0 Å². The largest absolute Gasteiger partial charge is 0.334 e. The van der Waals surface area contributed by atoms with Crippen LogP contribution in [0, 0.1) is 0 Å². The lowest BCUT2D eigenvalue weighted by molar-refractivity contribution is -0.127. The van der Waals surface area contributed by atoms with Crippen LogP contribution in [-0.4, -0.2) is 17.4 Å². The van der Waals surface area contributed by atoms with Crippen molar-refractivity contribution < 1.29 is 4.79 Å². The van der Waals surface area contributed by atoms with Crippen LogP contribution in [0.1, 0.15) is 30.4 Å². The van der Waals surface area contributed by atoms with Gasteiger partial charge in [0.25, 0.3) is 0 Å². The monoisotopic (exact) mass is 215 g/mol. The van der Waals surface area contributed by atoms with E-state index >= 15 is 0 Å². The van der Waals surface area contributed by atoms with E-state index in [1.165, 1.54) is 17.2 Å². The van der Waals surface area contributed by atoms with E-state index in [2.05, 4.69) is 31.7 Å². The van der Waals surface area contributed by atoms with E-state index in [1.807, 2.05) is 11.0 Å². The summed E-state index contributed by atoms with van der Waals surface area (Å²) in [6.45, 7) is 7.26. The summed E-state index contributed by atoms with van der Waals surface area (Å²) in [5.74, 6) is 0.502. The summed E-state index contributed by atoms with van der Waals surface area (Å²) in [4.78, 5) is 13.5. The minimum atomic E-state index is 0.0351. The molecule has 1 amide bonds. The molecule has 0 bridgehead atoms. The number of hydrogen-bond donors (Lipinski definition) is 0. The maximum Gasteiger partial charge on any atom is 0.246 e. The predicted molar refractivity (Wildman–Crippen MR) is 65.1 cm³/mol. The molecule has 1 heterocycles. The SMILES string of the molecule is C=CC(=O)N1Cc2ccccc2C(CC)C1. The van der Waals surface area contributed by atoms with Crippen molar-refractivity contribution >= 4 is 5.91 Å². The summed E-state index contributed by atoms with van der Waals surface area (Å²) >= 11 is 0. The van der Waals surface area contributed by atoms with Crippen LogP contribution >= 0.6 is 0 Å². The maximum atomic E-state index is 11.6. The number of hydrogen-bond acceptors (Lipinski definition) is 1. The van der Waals surface area contributed by atoms with Gasteiger partial charge in [0.05, 0.1) is 0 Å². The number of rotatable bonds is 2. The zero-order chi connectivity index (χ0) is 11.5. The van der Waals surface area contributed by atoms with Gasteiger partial charge >= 0.3 is 0 Å². The van der Waals surface area contributed by atoms with Gasteiger partial charge in [-0.15, -0.1) is 0 Å². The molecule has 2 heteroatoms. The van der Waals surface area contributed by atoms with Crippen LogP contribution in [0.5, 0.6) is 0 Å². The van der Waals surface area contributed by atoms with Crippen molar-refractivity contribution in [1.82, 2.24) is 4.90 Å². The molecule has 2 rings (SSSR count). The van der Waals surface area contributed by atoms with Crippen molar-refractivity contribution in [2.75, 3.05) is 6.54 Å². The second kappa shape index (κ2) is 4.52. The van der Waals surface area contributed by atoms with E-state index in [4.69, 9.17) is 0 Å². The zero-order valence-electron chi connectivity index (χ0n) is 9.65. The van der Waals surface area contributed by atoms with Gasteiger partial charge in [-0.05, 0) is 23.6 Å². The van der Waals surface area contributed by atoms with E-state index in [9.17, 15) is 4.79 Å². The minimum Gasteiger partial charge on any atom is -0.334 e. The van der Waals surface area contributed by atoms with Gasteiger partial charge in [-0.3, -0.25) is 4.79 Å². The summed E-state index contributed by atoms with van der Waals surface area (Å²) in [5.41, 5.74) is 2.67. The average molecular weight is 215 g/mol. The fraction of sp³-hybridized carbons (Fsp3) is 0.357. The number of carbonyl (C=O) groups excluding carboxylic acids is 1. The molecule has 1 aliphatic heterocycles. The van der Waals surface area contributed by atoms with Crippen LogP contribution in [0.3, 0.4) is 0 Å². The van der Waals surface area contributed by atoms with Gasteiger partial charge in [-0.1, -0.05) is 37.8 Å². The molecule has 16 heavy (non-hydrogen) atoms. The highest BCUT2D eigenvalue weighted by atomic mass is 16.2. The lowest BCUT2D eigenvalue weighted by atomic mass is 9.88. The smallest absolute Gasteiger partial charge is 0.246 e.